The van der Waals surface area contributed by atoms with E-state index in [9.17, 15) is 0 Å². The van der Waals surface area contributed by atoms with Gasteiger partial charge in [0.1, 0.15) is 0 Å². The van der Waals surface area contributed by atoms with Crippen molar-refractivity contribution in [3.8, 4) is 0 Å². The predicted molar refractivity (Wildman–Crippen MR) is 70.5 cm³/mol. The molecule has 1 aliphatic rings. The fourth-order valence-corrected chi connectivity index (χ4v) is 2.43. The number of aromatic nitrogens is 1. The van der Waals surface area contributed by atoms with Crippen molar-refractivity contribution in [2.75, 3.05) is 5.73 Å². The Hall–Kier alpha value is -2.30. The van der Waals surface area contributed by atoms with Crippen molar-refractivity contribution >= 4 is 22.3 Å². The number of hydrogen-bond acceptors (Lipinski definition) is 4. The third-order valence-electron chi connectivity index (χ3n) is 3.63. The fourth-order valence-electron chi connectivity index (χ4n) is 2.43. The van der Waals surface area contributed by atoms with Crippen LogP contribution in [-0.4, -0.2) is 16.0 Å². The minimum absolute atomic E-state index is 0.227. The Labute approximate surface area is 104 Å². The van der Waals surface area contributed by atoms with Crippen LogP contribution in [0.25, 0.3) is 10.8 Å². The highest BCUT2D eigenvalue weighted by Gasteiger charge is 2.51. The molecule has 0 atom stereocenters. The molecule has 5 heteroatoms. The number of benzene rings is 1. The van der Waals surface area contributed by atoms with Gasteiger partial charge in [-0.15, -0.1) is 0 Å². The van der Waals surface area contributed by atoms with Crippen LogP contribution in [0.1, 0.15) is 18.5 Å². The van der Waals surface area contributed by atoms with Crippen LogP contribution < -0.4 is 11.5 Å². The van der Waals surface area contributed by atoms with Crippen LogP contribution >= 0.6 is 0 Å². The third-order valence-corrected chi connectivity index (χ3v) is 3.63. The zero-order valence-electron chi connectivity index (χ0n) is 9.80. The van der Waals surface area contributed by atoms with E-state index < -0.39 is 5.41 Å². The molecule has 1 heterocycles. The number of pyridine rings is 1. The number of anilines is 1. The highest BCUT2D eigenvalue weighted by molar-refractivity contribution is 6.01. The summed E-state index contributed by atoms with van der Waals surface area (Å²) < 4.78 is 0. The normalized spacial score (nSPS) is 17.9. The Kier molecular flexibility index (Phi) is 2.16. The van der Waals surface area contributed by atoms with Crippen LogP contribution in [0.15, 0.2) is 35.6 Å². The maximum Gasteiger partial charge on any atom is 0.151 e. The Bertz CT molecular complexity index is 646. The Morgan fingerprint density at radius 2 is 1.94 bits per heavy atom. The lowest BCUT2D eigenvalue weighted by Gasteiger charge is -2.16. The maximum atomic E-state index is 8.91. The van der Waals surface area contributed by atoms with Crippen LogP contribution in [-0.2, 0) is 5.41 Å². The number of rotatable bonds is 2. The summed E-state index contributed by atoms with van der Waals surface area (Å²) in [5, 5.41) is 14.0. The van der Waals surface area contributed by atoms with E-state index in [4.69, 9.17) is 16.7 Å². The number of amidine groups is 1. The van der Waals surface area contributed by atoms with E-state index in [-0.39, 0.29) is 5.84 Å². The number of nitrogens with two attached hydrogens (primary N) is 2. The molecule has 0 unspecified atom stereocenters. The van der Waals surface area contributed by atoms with Gasteiger partial charge in [0.15, 0.2) is 5.84 Å². The third kappa shape index (κ3) is 1.33. The van der Waals surface area contributed by atoms with Gasteiger partial charge in [0.05, 0.1) is 23.0 Å². The molecule has 92 valence electrons. The van der Waals surface area contributed by atoms with E-state index in [0.717, 1.165) is 29.3 Å². The van der Waals surface area contributed by atoms with Crippen molar-refractivity contribution in [3.05, 3.63) is 36.2 Å². The first-order chi connectivity index (χ1) is 8.69. The molecule has 1 aromatic carbocycles. The van der Waals surface area contributed by atoms with Crippen LogP contribution in [0, 0.1) is 0 Å². The molecule has 0 aliphatic heterocycles. The van der Waals surface area contributed by atoms with Gasteiger partial charge >= 0.3 is 0 Å². The maximum absolute atomic E-state index is 8.91. The average Bonchev–Trinajstić information content (AvgIpc) is 3.20. The highest BCUT2D eigenvalue weighted by atomic mass is 16.4. The van der Waals surface area contributed by atoms with Gasteiger partial charge in [-0.2, -0.15) is 0 Å². The zero-order chi connectivity index (χ0) is 12.8. The Morgan fingerprint density at radius 3 is 2.56 bits per heavy atom. The van der Waals surface area contributed by atoms with Crippen LogP contribution in [0.4, 0.5) is 5.69 Å². The van der Waals surface area contributed by atoms with E-state index in [1.54, 1.807) is 6.20 Å². The molecule has 0 bridgehead atoms. The second-order valence-corrected chi connectivity index (χ2v) is 4.68. The van der Waals surface area contributed by atoms with Crippen LogP contribution in [0.3, 0.4) is 0 Å². The monoisotopic (exact) mass is 242 g/mol. The van der Waals surface area contributed by atoms with Crippen molar-refractivity contribution in [3.63, 3.8) is 0 Å². The van der Waals surface area contributed by atoms with Gasteiger partial charge in [-0.3, -0.25) is 4.98 Å². The molecule has 0 spiro atoms. The summed E-state index contributed by atoms with van der Waals surface area (Å²) >= 11 is 0. The first-order valence-electron chi connectivity index (χ1n) is 5.81. The van der Waals surface area contributed by atoms with Gasteiger partial charge < -0.3 is 16.7 Å². The lowest BCUT2D eigenvalue weighted by molar-refractivity contribution is 0.315. The smallest absolute Gasteiger partial charge is 0.151 e. The summed E-state index contributed by atoms with van der Waals surface area (Å²) in [6.07, 6.45) is 3.34. The van der Waals surface area contributed by atoms with E-state index in [1.807, 2.05) is 24.3 Å². The summed E-state index contributed by atoms with van der Waals surface area (Å²) in [4.78, 5) is 4.41. The zero-order valence-corrected chi connectivity index (χ0v) is 9.80. The van der Waals surface area contributed by atoms with Gasteiger partial charge in [-0.25, -0.2) is 0 Å². The summed E-state index contributed by atoms with van der Waals surface area (Å²) in [5.74, 6) is 0.227. The molecule has 0 saturated heterocycles. The second kappa shape index (κ2) is 3.60. The van der Waals surface area contributed by atoms with Crippen LogP contribution in [0.2, 0.25) is 0 Å². The topological polar surface area (TPSA) is 97.5 Å². The second-order valence-electron chi connectivity index (χ2n) is 4.68. The van der Waals surface area contributed by atoms with Gasteiger partial charge in [0, 0.05) is 10.8 Å². The number of fused-ring (bicyclic) bond motifs is 1. The van der Waals surface area contributed by atoms with Crippen molar-refractivity contribution in [2.24, 2.45) is 10.9 Å². The van der Waals surface area contributed by atoms with Crippen LogP contribution in [0.5, 0.6) is 0 Å². The van der Waals surface area contributed by atoms with E-state index in [2.05, 4.69) is 10.1 Å². The molecule has 2 aromatic rings. The van der Waals surface area contributed by atoms with Gasteiger partial charge in [-0.1, -0.05) is 29.4 Å². The first kappa shape index (κ1) is 10.8. The van der Waals surface area contributed by atoms with E-state index in [1.165, 1.54) is 0 Å². The van der Waals surface area contributed by atoms with Gasteiger partial charge in [0.25, 0.3) is 0 Å². The van der Waals surface area contributed by atoms with Crippen molar-refractivity contribution in [1.29, 1.82) is 0 Å². The highest BCUT2D eigenvalue weighted by Crippen LogP contribution is 2.49. The summed E-state index contributed by atoms with van der Waals surface area (Å²) in [5.41, 5.74) is 12.8. The number of hydrogen-bond donors (Lipinski definition) is 3. The molecule has 5 nitrogen and oxygen atoms in total. The number of nitrogens with zero attached hydrogens (tertiary/aromatic N) is 2. The largest absolute Gasteiger partial charge is 0.409 e. The molecule has 18 heavy (non-hydrogen) atoms. The number of nitrogen functional groups attached to an aromatic ring is 1. The standard InChI is InChI=1S/C13H14N4O/c14-10-7-16-11(9-4-2-1-3-8(9)10)13(5-6-13)12(15)17-18/h1-4,7,18H,5-6,14H2,(H2,15,17). The lowest BCUT2D eigenvalue weighted by atomic mass is 9.95. The minimum Gasteiger partial charge on any atom is -0.409 e. The molecule has 5 N–H and O–H groups in total. The Balaban J connectivity index is 2.29. The summed E-state index contributed by atoms with van der Waals surface area (Å²) in [6.45, 7) is 0. The first-order valence-corrected chi connectivity index (χ1v) is 5.81. The predicted octanol–water partition coefficient (Wildman–Crippen LogP) is 1.59. The van der Waals surface area contributed by atoms with Crippen molar-refractivity contribution in [1.82, 2.24) is 4.98 Å². The lowest BCUT2D eigenvalue weighted by Crippen LogP contribution is -2.30. The quantitative estimate of drug-likeness (QED) is 0.322. The molecule has 1 aromatic heterocycles. The van der Waals surface area contributed by atoms with Gasteiger partial charge in [0.2, 0.25) is 0 Å². The molecule has 1 saturated carbocycles. The van der Waals surface area contributed by atoms with Crippen molar-refractivity contribution in [2.45, 2.75) is 18.3 Å². The molecule has 3 rings (SSSR count). The molecule has 0 radical (unpaired) electrons. The minimum atomic E-state index is -0.415. The van der Waals surface area contributed by atoms with E-state index >= 15 is 0 Å². The Morgan fingerprint density at radius 1 is 1.28 bits per heavy atom. The molecular formula is C13H14N4O. The molecule has 0 amide bonds. The SMILES string of the molecule is NC(=NO)C1(c2ncc(N)c3ccccc23)CC1. The molecule has 1 fully saturated rings. The summed E-state index contributed by atoms with van der Waals surface area (Å²) in [7, 11) is 0. The van der Waals surface area contributed by atoms with Gasteiger partial charge in [-0.05, 0) is 12.8 Å². The fraction of sp³-hybridized carbons (Fsp3) is 0.231. The van der Waals surface area contributed by atoms with Crippen molar-refractivity contribution < 1.29 is 5.21 Å². The molecule has 1 aliphatic carbocycles. The average molecular weight is 242 g/mol. The summed E-state index contributed by atoms with van der Waals surface area (Å²) in [6, 6.07) is 7.80. The van der Waals surface area contributed by atoms with E-state index in [0.29, 0.717) is 5.69 Å². The number of oxime groups is 1. The molecular weight excluding hydrogens is 228 g/mol.